The van der Waals surface area contributed by atoms with Gasteiger partial charge in [0.15, 0.2) is 0 Å². The molecule has 120 valence electrons. The number of nitrogens with zero attached hydrogens (tertiary/aromatic N) is 6. The third-order valence-corrected chi connectivity index (χ3v) is 3.67. The molecule has 2 rings (SSSR count). The lowest BCUT2D eigenvalue weighted by molar-refractivity contribution is 0.248. The van der Waals surface area contributed by atoms with Crippen LogP contribution in [0, 0.1) is 10.4 Å². The van der Waals surface area contributed by atoms with Crippen LogP contribution in [0.2, 0.25) is 0 Å². The number of rotatable bonds is 6. The molecule has 0 aromatic carbocycles. The van der Waals surface area contributed by atoms with Gasteiger partial charge in [0, 0.05) is 64.1 Å². The van der Waals surface area contributed by atoms with Crippen molar-refractivity contribution in [1.82, 2.24) is 19.6 Å². The Hall–Kier alpha value is -2.64. The third-order valence-electron chi connectivity index (χ3n) is 3.67. The summed E-state index contributed by atoms with van der Waals surface area (Å²) in [5, 5.41) is 26.6. The lowest BCUT2D eigenvalue weighted by atomic mass is 10.3. The van der Waals surface area contributed by atoms with Gasteiger partial charge in [0.25, 0.3) is 0 Å². The van der Waals surface area contributed by atoms with Crippen LogP contribution in [0.25, 0.3) is 0 Å². The van der Waals surface area contributed by atoms with Crippen LogP contribution in [0.5, 0.6) is 0 Å². The van der Waals surface area contributed by atoms with Crippen molar-refractivity contribution in [1.29, 1.82) is 0 Å². The zero-order valence-corrected chi connectivity index (χ0v) is 12.7. The monoisotopic (exact) mass is 304 g/mol. The Labute approximate surface area is 130 Å². The van der Waals surface area contributed by atoms with Gasteiger partial charge < -0.3 is 40.3 Å². The minimum absolute atomic E-state index is 0.121. The Morgan fingerprint density at radius 3 is 2.32 bits per heavy atom. The molecule has 0 radical (unpaired) electrons. The Morgan fingerprint density at radius 2 is 1.59 bits per heavy atom. The van der Waals surface area contributed by atoms with Gasteiger partial charge in [-0.3, -0.25) is 0 Å². The molecule has 0 bridgehead atoms. The van der Waals surface area contributed by atoms with Gasteiger partial charge in [-0.05, 0) is 6.42 Å². The maximum absolute atomic E-state index is 10.4. The van der Waals surface area contributed by atoms with Crippen molar-refractivity contribution in [3.05, 3.63) is 47.5 Å². The molecule has 2 atom stereocenters. The molecule has 0 amide bonds. The van der Waals surface area contributed by atoms with Gasteiger partial charge in [0.2, 0.25) is 0 Å². The average molecular weight is 304 g/mol. The van der Waals surface area contributed by atoms with Crippen molar-refractivity contribution in [3.8, 4) is 0 Å². The van der Waals surface area contributed by atoms with Crippen LogP contribution < -0.4 is 0 Å². The Bertz CT molecular complexity index is 502. The van der Waals surface area contributed by atoms with Gasteiger partial charge in [-0.25, -0.2) is 0 Å². The maximum atomic E-state index is 10.4. The van der Waals surface area contributed by atoms with Gasteiger partial charge in [0.1, 0.15) is 12.3 Å². The predicted octanol–water partition coefficient (Wildman–Crippen LogP) is 1.12. The Balaban J connectivity index is 1.83. The highest BCUT2D eigenvalue weighted by atomic mass is 16.4. The fraction of sp³-hybridized carbons (Fsp3) is 0.429. The highest BCUT2D eigenvalue weighted by Gasteiger charge is 2.21. The topological polar surface area (TPSA) is 83.8 Å². The van der Waals surface area contributed by atoms with Gasteiger partial charge in [-0.1, -0.05) is 6.08 Å². The molecule has 2 aliphatic rings. The quantitative estimate of drug-likeness (QED) is 0.540. The summed E-state index contributed by atoms with van der Waals surface area (Å²) in [5.74, 6) is 0. The zero-order valence-electron chi connectivity index (χ0n) is 12.7. The second-order valence-electron chi connectivity index (χ2n) is 5.12. The van der Waals surface area contributed by atoms with E-state index in [4.69, 9.17) is 0 Å². The van der Waals surface area contributed by atoms with Gasteiger partial charge in [-0.2, -0.15) is 0 Å². The summed E-state index contributed by atoms with van der Waals surface area (Å²) in [5.41, 5.74) is 0. The molecule has 0 aromatic heterocycles. The lowest BCUT2D eigenvalue weighted by Gasteiger charge is -2.27. The highest BCUT2D eigenvalue weighted by Crippen LogP contribution is 2.15. The second kappa shape index (κ2) is 7.39. The summed E-state index contributed by atoms with van der Waals surface area (Å²) in [4.78, 5) is 7.76. The molecular formula is C14H20N6O2-2. The fourth-order valence-corrected chi connectivity index (χ4v) is 2.42. The van der Waals surface area contributed by atoms with E-state index in [9.17, 15) is 10.4 Å². The molecule has 0 saturated heterocycles. The zero-order chi connectivity index (χ0) is 15.9. The van der Waals surface area contributed by atoms with Crippen molar-refractivity contribution in [2.45, 2.75) is 18.8 Å². The normalized spacial score (nSPS) is 25.2. The molecule has 2 aliphatic heterocycles. The van der Waals surface area contributed by atoms with Crippen LogP contribution in [0.3, 0.4) is 0 Å². The molecule has 8 nitrogen and oxygen atoms in total. The van der Waals surface area contributed by atoms with Gasteiger partial charge in [0.05, 0.1) is 0 Å². The van der Waals surface area contributed by atoms with Crippen LogP contribution in [0.4, 0.5) is 0 Å². The van der Waals surface area contributed by atoms with Crippen molar-refractivity contribution in [2.75, 3.05) is 20.6 Å². The first kappa shape index (κ1) is 15.7. The van der Waals surface area contributed by atoms with Crippen LogP contribution >= 0.6 is 0 Å². The standard InChI is InChI=1S/C14H22N6O2/c1-17-7-9-19(13(17)11-15-21)5-3-4-6-20-10-8-18(2)14(20)12-16-22/h3,5,7-14,21-22H,4,6H2,1-2H3/p-2/b5-3+,15-11+,16-12+. The predicted molar refractivity (Wildman–Crippen MR) is 87.4 cm³/mol. The van der Waals surface area contributed by atoms with E-state index in [1.807, 2.05) is 70.8 Å². The largest absolute Gasteiger partial charge is 0.792 e. The molecule has 2 heterocycles. The molecule has 0 N–H and O–H groups in total. The molecular weight excluding hydrogens is 284 g/mol. The van der Waals surface area contributed by atoms with Crippen LogP contribution in [0.15, 0.2) is 47.4 Å². The van der Waals surface area contributed by atoms with Crippen molar-refractivity contribution >= 4 is 12.4 Å². The summed E-state index contributed by atoms with van der Waals surface area (Å²) >= 11 is 0. The van der Waals surface area contributed by atoms with Crippen molar-refractivity contribution in [2.24, 2.45) is 10.3 Å². The highest BCUT2D eigenvalue weighted by molar-refractivity contribution is 5.66. The van der Waals surface area contributed by atoms with Gasteiger partial charge in [-0.15, -0.1) is 0 Å². The molecule has 22 heavy (non-hydrogen) atoms. The minimum atomic E-state index is -0.174. The van der Waals surface area contributed by atoms with Gasteiger partial charge >= 0.3 is 0 Å². The number of hydrogen-bond acceptors (Lipinski definition) is 8. The van der Waals surface area contributed by atoms with E-state index < -0.39 is 0 Å². The van der Waals surface area contributed by atoms with Crippen molar-refractivity contribution in [3.63, 3.8) is 0 Å². The van der Waals surface area contributed by atoms with Crippen LogP contribution in [0.1, 0.15) is 6.42 Å². The molecule has 2 unspecified atom stereocenters. The van der Waals surface area contributed by atoms with E-state index >= 15 is 0 Å². The second-order valence-corrected chi connectivity index (χ2v) is 5.12. The van der Waals surface area contributed by atoms with Crippen LogP contribution in [-0.2, 0) is 0 Å². The summed E-state index contributed by atoms with van der Waals surface area (Å²) in [6.07, 6.45) is 14.8. The molecule has 0 saturated carbocycles. The smallest absolute Gasteiger partial charge is 0.140 e. The summed E-state index contributed by atoms with van der Waals surface area (Å²) in [6.45, 7) is 0.766. The van der Waals surface area contributed by atoms with E-state index in [0.29, 0.717) is 0 Å². The first-order valence-corrected chi connectivity index (χ1v) is 6.99. The summed E-state index contributed by atoms with van der Waals surface area (Å²) < 4.78 is 0. The maximum Gasteiger partial charge on any atom is 0.140 e. The van der Waals surface area contributed by atoms with E-state index in [0.717, 1.165) is 13.0 Å². The Morgan fingerprint density at radius 1 is 0.955 bits per heavy atom. The van der Waals surface area contributed by atoms with E-state index in [1.165, 1.54) is 12.4 Å². The molecule has 0 fully saturated rings. The van der Waals surface area contributed by atoms with E-state index in [-0.39, 0.29) is 12.3 Å². The first-order valence-electron chi connectivity index (χ1n) is 6.99. The van der Waals surface area contributed by atoms with Crippen LogP contribution in [-0.4, -0.2) is 65.0 Å². The lowest BCUT2D eigenvalue weighted by Crippen LogP contribution is -2.38. The van der Waals surface area contributed by atoms with E-state index in [1.54, 1.807) is 0 Å². The minimum Gasteiger partial charge on any atom is -0.792 e. The molecule has 8 heteroatoms. The first-order chi connectivity index (χ1) is 10.7. The molecule has 0 aliphatic carbocycles. The van der Waals surface area contributed by atoms with Crippen molar-refractivity contribution < 1.29 is 0 Å². The third kappa shape index (κ3) is 3.51. The SMILES string of the molecule is CN1C=CN(/C=C/CCN2C=CN(C)C2/C=N/[O-])C1/C=N/[O-]. The summed E-state index contributed by atoms with van der Waals surface area (Å²) in [6, 6.07) is 0. The Kier molecular flexibility index (Phi) is 5.29. The average Bonchev–Trinajstić information content (AvgIpc) is 3.02. The van der Waals surface area contributed by atoms with E-state index in [2.05, 4.69) is 10.3 Å². The summed E-state index contributed by atoms with van der Waals surface area (Å²) in [7, 11) is 3.78. The molecule has 0 aromatic rings. The fourth-order valence-electron chi connectivity index (χ4n) is 2.42. The number of hydrogen-bond donors (Lipinski definition) is 0. The molecule has 0 spiro atoms.